The van der Waals surface area contributed by atoms with E-state index in [0.29, 0.717) is 11.3 Å². The lowest BCUT2D eigenvalue weighted by Crippen LogP contribution is -3.00. The SMILES string of the molecule is CS(=O)(=O)Nc1ccc(C2(O)NC=C[NH2+]2)cc1.[Cl-]. The Balaban J connectivity index is 0.00000162. The summed E-state index contributed by atoms with van der Waals surface area (Å²) in [4.78, 5) is 0. The zero-order chi connectivity index (χ0) is 12.5. The molecule has 1 aromatic rings. The zero-order valence-corrected chi connectivity index (χ0v) is 11.2. The molecule has 1 aliphatic heterocycles. The third-order valence-electron chi connectivity index (χ3n) is 2.37. The van der Waals surface area contributed by atoms with Crippen LogP contribution in [-0.4, -0.2) is 19.8 Å². The summed E-state index contributed by atoms with van der Waals surface area (Å²) in [6, 6.07) is 6.51. The minimum atomic E-state index is -3.27. The van der Waals surface area contributed by atoms with Crippen molar-refractivity contribution in [3.05, 3.63) is 42.2 Å². The van der Waals surface area contributed by atoms with Crippen LogP contribution in [0.1, 0.15) is 5.56 Å². The first-order valence-corrected chi connectivity index (χ1v) is 6.88. The number of anilines is 1. The molecule has 0 saturated carbocycles. The van der Waals surface area contributed by atoms with Crippen LogP contribution < -0.4 is 27.8 Å². The predicted molar refractivity (Wildman–Crippen MR) is 63.0 cm³/mol. The molecule has 2 rings (SSSR count). The van der Waals surface area contributed by atoms with E-state index < -0.39 is 15.9 Å². The van der Waals surface area contributed by atoms with Crippen LogP contribution in [0.5, 0.6) is 0 Å². The molecule has 1 aromatic carbocycles. The van der Waals surface area contributed by atoms with E-state index >= 15 is 0 Å². The maximum absolute atomic E-state index is 11.0. The first kappa shape index (κ1) is 14.8. The Morgan fingerprint density at radius 2 is 1.94 bits per heavy atom. The monoisotopic (exact) mass is 291 g/mol. The van der Waals surface area contributed by atoms with Gasteiger partial charge in [-0.3, -0.25) is 10.0 Å². The van der Waals surface area contributed by atoms with E-state index in [-0.39, 0.29) is 12.4 Å². The lowest BCUT2D eigenvalue weighted by molar-refractivity contribution is -0.723. The number of nitrogens with one attached hydrogen (secondary N) is 2. The largest absolute Gasteiger partial charge is 1.00 e. The third-order valence-corrected chi connectivity index (χ3v) is 2.97. The van der Waals surface area contributed by atoms with Gasteiger partial charge in [0.25, 0.3) is 0 Å². The van der Waals surface area contributed by atoms with Crippen LogP contribution in [0.2, 0.25) is 0 Å². The molecule has 0 fully saturated rings. The third kappa shape index (κ3) is 3.36. The van der Waals surface area contributed by atoms with Crippen LogP contribution in [0.3, 0.4) is 0 Å². The average molecular weight is 292 g/mol. The number of quaternary nitrogens is 1. The maximum Gasteiger partial charge on any atom is 0.311 e. The highest BCUT2D eigenvalue weighted by Crippen LogP contribution is 2.17. The number of aliphatic hydroxyl groups is 1. The summed E-state index contributed by atoms with van der Waals surface area (Å²) in [5.74, 6) is -1.20. The van der Waals surface area contributed by atoms with Crippen molar-refractivity contribution in [1.29, 1.82) is 0 Å². The van der Waals surface area contributed by atoms with E-state index in [1.165, 1.54) is 0 Å². The van der Waals surface area contributed by atoms with Crippen LogP contribution in [0.15, 0.2) is 36.7 Å². The Hall–Kier alpha value is -1.28. The van der Waals surface area contributed by atoms with Gasteiger partial charge in [-0.05, 0) is 24.3 Å². The second-order valence-electron chi connectivity index (χ2n) is 3.89. The number of rotatable bonds is 3. The Morgan fingerprint density at radius 3 is 2.39 bits per heavy atom. The van der Waals surface area contributed by atoms with Gasteiger partial charge in [0.2, 0.25) is 10.0 Å². The molecule has 0 saturated heterocycles. The number of sulfonamides is 1. The van der Waals surface area contributed by atoms with Gasteiger partial charge in [-0.2, -0.15) is 0 Å². The molecule has 5 N–H and O–H groups in total. The Morgan fingerprint density at radius 1 is 1.33 bits per heavy atom. The van der Waals surface area contributed by atoms with Gasteiger partial charge in [-0.1, -0.05) is 0 Å². The van der Waals surface area contributed by atoms with Gasteiger partial charge in [0, 0.05) is 5.69 Å². The van der Waals surface area contributed by atoms with Crippen molar-refractivity contribution < 1.29 is 31.2 Å². The average Bonchev–Trinajstić information content (AvgIpc) is 2.65. The van der Waals surface area contributed by atoms with Gasteiger partial charge in [0.1, 0.15) is 6.20 Å². The molecule has 0 aliphatic carbocycles. The molecular weight excluding hydrogens is 278 g/mol. The smallest absolute Gasteiger partial charge is 0.311 e. The Labute approximate surface area is 112 Å². The molecular formula is C10H14ClN3O3S. The Kier molecular flexibility index (Phi) is 4.23. The number of nitrogens with two attached hydrogens (primary N) is 1. The first-order chi connectivity index (χ1) is 7.89. The van der Waals surface area contributed by atoms with E-state index in [0.717, 1.165) is 6.26 Å². The van der Waals surface area contributed by atoms with Crippen LogP contribution in [-0.2, 0) is 15.9 Å². The van der Waals surface area contributed by atoms with Gasteiger partial charge in [-0.15, -0.1) is 0 Å². The summed E-state index contributed by atoms with van der Waals surface area (Å²) in [5.41, 5.74) is 1.10. The summed E-state index contributed by atoms with van der Waals surface area (Å²) >= 11 is 0. The topological polar surface area (TPSA) is 95.0 Å². The van der Waals surface area contributed by atoms with Crippen molar-refractivity contribution in [2.45, 2.75) is 5.85 Å². The van der Waals surface area contributed by atoms with Crippen LogP contribution in [0, 0.1) is 0 Å². The molecule has 0 aromatic heterocycles. The number of halogens is 1. The fraction of sp³-hybridized carbons (Fsp3) is 0.200. The van der Waals surface area contributed by atoms with Gasteiger partial charge in [-0.25, -0.2) is 8.42 Å². The van der Waals surface area contributed by atoms with Gasteiger partial charge in [0.15, 0.2) is 0 Å². The summed E-state index contributed by atoms with van der Waals surface area (Å²) in [7, 11) is -3.27. The molecule has 0 spiro atoms. The van der Waals surface area contributed by atoms with Crippen molar-refractivity contribution in [2.75, 3.05) is 11.0 Å². The lowest BCUT2D eigenvalue weighted by Gasteiger charge is -2.19. The number of hydrogen-bond acceptors (Lipinski definition) is 4. The van der Waals surface area contributed by atoms with E-state index in [2.05, 4.69) is 10.0 Å². The fourth-order valence-electron chi connectivity index (χ4n) is 1.60. The summed E-state index contributed by atoms with van der Waals surface area (Å²) < 4.78 is 24.4. The molecule has 1 aliphatic rings. The number of hydrogen-bond donors (Lipinski definition) is 4. The molecule has 0 bridgehead atoms. The van der Waals surface area contributed by atoms with Crippen molar-refractivity contribution >= 4 is 15.7 Å². The minimum absolute atomic E-state index is 0. The van der Waals surface area contributed by atoms with E-state index in [1.807, 2.05) is 0 Å². The molecule has 8 heteroatoms. The van der Waals surface area contributed by atoms with Crippen LogP contribution in [0.25, 0.3) is 0 Å². The van der Waals surface area contributed by atoms with E-state index in [4.69, 9.17) is 0 Å². The van der Waals surface area contributed by atoms with Crippen molar-refractivity contribution in [3.63, 3.8) is 0 Å². The standard InChI is InChI=1S/C10H13N3O3S.ClH/c1-17(15,16)13-9-4-2-8(3-5-9)10(14)11-6-7-12-10;/h2-7,11-14H,1H3;1H. The van der Waals surface area contributed by atoms with Gasteiger partial charge < -0.3 is 22.8 Å². The fourth-order valence-corrected chi connectivity index (χ4v) is 2.16. The van der Waals surface area contributed by atoms with Crippen LogP contribution >= 0.6 is 0 Å². The number of benzene rings is 1. The maximum atomic E-state index is 11.0. The second kappa shape index (κ2) is 5.15. The highest BCUT2D eigenvalue weighted by Gasteiger charge is 2.34. The molecule has 0 amide bonds. The van der Waals surface area contributed by atoms with E-state index in [1.54, 1.807) is 42.0 Å². The molecule has 1 unspecified atom stereocenters. The minimum Gasteiger partial charge on any atom is -1.00 e. The van der Waals surface area contributed by atoms with Crippen molar-refractivity contribution in [2.24, 2.45) is 0 Å². The molecule has 6 nitrogen and oxygen atoms in total. The normalized spacial score (nSPS) is 22.1. The van der Waals surface area contributed by atoms with Gasteiger partial charge >= 0.3 is 5.85 Å². The highest BCUT2D eigenvalue weighted by atomic mass is 35.5. The lowest BCUT2D eigenvalue weighted by atomic mass is 10.1. The Bertz CT molecular complexity index is 534. The van der Waals surface area contributed by atoms with Crippen LogP contribution in [0.4, 0.5) is 5.69 Å². The van der Waals surface area contributed by atoms with Crippen molar-refractivity contribution in [3.8, 4) is 0 Å². The quantitative estimate of drug-likeness (QED) is 0.454. The molecule has 18 heavy (non-hydrogen) atoms. The predicted octanol–water partition coefficient (Wildman–Crippen LogP) is -4.20. The summed E-state index contributed by atoms with van der Waals surface area (Å²) in [6.45, 7) is 0. The van der Waals surface area contributed by atoms with Crippen molar-refractivity contribution in [1.82, 2.24) is 5.32 Å². The molecule has 1 heterocycles. The molecule has 100 valence electrons. The zero-order valence-electron chi connectivity index (χ0n) is 9.59. The second-order valence-corrected chi connectivity index (χ2v) is 5.64. The first-order valence-electron chi connectivity index (χ1n) is 4.98. The molecule has 1 atom stereocenters. The summed E-state index contributed by atoms with van der Waals surface area (Å²) in [6.07, 6.45) is 4.44. The van der Waals surface area contributed by atoms with Gasteiger partial charge in [0.05, 0.1) is 18.0 Å². The summed E-state index contributed by atoms with van der Waals surface area (Å²) in [5, 5.41) is 14.5. The molecule has 0 radical (unpaired) electrons. The van der Waals surface area contributed by atoms with E-state index in [9.17, 15) is 13.5 Å². The highest BCUT2D eigenvalue weighted by molar-refractivity contribution is 7.92.